The Morgan fingerprint density at radius 2 is 2.00 bits per heavy atom. The highest BCUT2D eigenvalue weighted by molar-refractivity contribution is 5.96. The van der Waals surface area contributed by atoms with Crippen molar-refractivity contribution in [3.63, 3.8) is 0 Å². The van der Waals surface area contributed by atoms with Crippen molar-refractivity contribution in [3.8, 4) is 28.7 Å². The summed E-state index contributed by atoms with van der Waals surface area (Å²) < 4.78 is 34.2. The Hall–Kier alpha value is -3.55. The largest absolute Gasteiger partial charge is 0.493 e. The van der Waals surface area contributed by atoms with E-state index in [4.69, 9.17) is 18.6 Å². The molecular weight excluding hydrogens is 403 g/mol. The third kappa shape index (κ3) is 5.14. The van der Waals surface area contributed by atoms with Gasteiger partial charge in [0.2, 0.25) is 12.8 Å². The number of carbonyl (C=O) groups excluding carboxylic acids is 1. The van der Waals surface area contributed by atoms with Crippen molar-refractivity contribution in [1.82, 2.24) is 10.3 Å². The summed E-state index contributed by atoms with van der Waals surface area (Å²) in [6, 6.07) is 11.9. The van der Waals surface area contributed by atoms with Crippen LogP contribution in [0, 0.1) is 5.92 Å². The number of hydrogen-bond donors (Lipinski definition) is 1. The summed E-state index contributed by atoms with van der Waals surface area (Å²) in [7, 11) is 1.60. The summed E-state index contributed by atoms with van der Waals surface area (Å²) in [5.74, 6) is 2.10. The number of para-hydroxylation sites is 1. The summed E-state index contributed by atoms with van der Waals surface area (Å²) in [6.07, 6.45) is 3.87. The number of alkyl halides is 1. The third-order valence-corrected chi connectivity index (χ3v) is 4.91. The third-order valence-electron chi connectivity index (χ3n) is 4.91. The zero-order valence-electron chi connectivity index (χ0n) is 17.1. The Balaban J connectivity index is 1.42. The van der Waals surface area contributed by atoms with Gasteiger partial charge in [-0.1, -0.05) is 12.1 Å². The summed E-state index contributed by atoms with van der Waals surface area (Å²) in [5, 5.41) is 2.74. The van der Waals surface area contributed by atoms with Gasteiger partial charge in [-0.3, -0.25) is 4.79 Å². The minimum Gasteiger partial charge on any atom is -0.493 e. The van der Waals surface area contributed by atoms with Gasteiger partial charge in [-0.2, -0.15) is 0 Å². The molecule has 0 spiro atoms. The Bertz CT molecular complexity index is 1050. The molecule has 1 N–H and O–H groups in total. The van der Waals surface area contributed by atoms with Crippen molar-refractivity contribution in [2.75, 3.05) is 20.6 Å². The standard InChI is InChI=1S/C23H23FN2O5/c1-28-20-9-8-16(10-21(20)29-12-15-6-7-15)23-26-17(13-30-23)11-25-22(27)18-4-2-3-5-19(18)31-14-24/h2-5,8-10,13,15H,6-7,11-12,14H2,1H3,(H,25,27). The minimum atomic E-state index is -1.01. The number of oxazole rings is 1. The monoisotopic (exact) mass is 426 g/mol. The normalized spacial score (nSPS) is 13.0. The number of ether oxygens (including phenoxy) is 3. The van der Waals surface area contributed by atoms with Crippen molar-refractivity contribution in [3.05, 3.63) is 60.0 Å². The molecule has 7 nitrogen and oxygen atoms in total. The van der Waals surface area contributed by atoms with Crippen LogP contribution in [-0.4, -0.2) is 31.5 Å². The quantitative estimate of drug-likeness (QED) is 0.518. The molecule has 1 saturated carbocycles. The number of amides is 1. The Labute approximate surface area is 179 Å². The second kappa shape index (κ2) is 9.51. The fourth-order valence-corrected chi connectivity index (χ4v) is 3.04. The van der Waals surface area contributed by atoms with Crippen LogP contribution in [0.25, 0.3) is 11.5 Å². The fraction of sp³-hybridized carbons (Fsp3) is 0.304. The van der Waals surface area contributed by atoms with E-state index in [-0.39, 0.29) is 17.9 Å². The predicted octanol–water partition coefficient (Wildman–Crippen LogP) is 4.37. The first-order valence-electron chi connectivity index (χ1n) is 9.99. The number of carbonyl (C=O) groups is 1. The first kappa shape index (κ1) is 20.7. The van der Waals surface area contributed by atoms with Gasteiger partial charge in [0.15, 0.2) is 11.5 Å². The second-order valence-corrected chi connectivity index (χ2v) is 7.20. The molecule has 0 bridgehead atoms. The van der Waals surface area contributed by atoms with Crippen molar-refractivity contribution < 1.29 is 27.8 Å². The van der Waals surface area contributed by atoms with Gasteiger partial charge >= 0.3 is 0 Å². The van der Waals surface area contributed by atoms with Crippen LogP contribution in [0.3, 0.4) is 0 Å². The molecule has 3 aromatic rings. The number of halogens is 1. The van der Waals surface area contributed by atoms with Gasteiger partial charge in [-0.15, -0.1) is 0 Å². The lowest BCUT2D eigenvalue weighted by Crippen LogP contribution is -2.23. The molecule has 31 heavy (non-hydrogen) atoms. The molecule has 162 valence electrons. The zero-order chi connectivity index (χ0) is 21.6. The van der Waals surface area contributed by atoms with Crippen LogP contribution >= 0.6 is 0 Å². The maximum absolute atomic E-state index is 12.5. The predicted molar refractivity (Wildman–Crippen MR) is 111 cm³/mol. The fourth-order valence-electron chi connectivity index (χ4n) is 3.04. The molecule has 0 radical (unpaired) electrons. The molecule has 1 aromatic heterocycles. The van der Waals surface area contributed by atoms with E-state index in [1.807, 2.05) is 18.2 Å². The number of aromatic nitrogens is 1. The number of rotatable bonds is 10. The first-order chi connectivity index (χ1) is 15.2. The van der Waals surface area contributed by atoms with Crippen molar-refractivity contribution in [1.29, 1.82) is 0 Å². The van der Waals surface area contributed by atoms with Crippen LogP contribution in [0.2, 0.25) is 0 Å². The van der Waals surface area contributed by atoms with E-state index in [1.54, 1.807) is 25.3 Å². The number of nitrogens with zero attached hydrogens (tertiary/aromatic N) is 1. The molecule has 0 atom stereocenters. The van der Waals surface area contributed by atoms with Crippen LogP contribution < -0.4 is 19.5 Å². The number of nitrogens with one attached hydrogen (secondary N) is 1. The van der Waals surface area contributed by atoms with E-state index < -0.39 is 12.8 Å². The summed E-state index contributed by atoms with van der Waals surface area (Å²) in [6.45, 7) is -0.199. The van der Waals surface area contributed by atoms with E-state index in [1.165, 1.54) is 25.2 Å². The SMILES string of the molecule is COc1ccc(-c2nc(CNC(=O)c3ccccc3OCF)co2)cc1OCC1CC1. The average Bonchev–Trinajstić information content (AvgIpc) is 3.51. The molecule has 1 fully saturated rings. The maximum Gasteiger partial charge on any atom is 0.255 e. The van der Waals surface area contributed by atoms with Gasteiger partial charge < -0.3 is 23.9 Å². The highest BCUT2D eigenvalue weighted by atomic mass is 19.1. The van der Waals surface area contributed by atoms with Gasteiger partial charge in [0, 0.05) is 5.56 Å². The van der Waals surface area contributed by atoms with E-state index in [2.05, 4.69) is 10.3 Å². The summed E-state index contributed by atoms with van der Waals surface area (Å²) in [4.78, 5) is 16.9. The molecule has 8 heteroatoms. The molecule has 1 amide bonds. The smallest absolute Gasteiger partial charge is 0.255 e. The van der Waals surface area contributed by atoms with Crippen LogP contribution in [-0.2, 0) is 6.54 Å². The van der Waals surface area contributed by atoms with Crippen LogP contribution in [0.4, 0.5) is 4.39 Å². The van der Waals surface area contributed by atoms with Gasteiger partial charge in [0.05, 0.1) is 31.5 Å². The summed E-state index contributed by atoms with van der Waals surface area (Å²) >= 11 is 0. The van der Waals surface area contributed by atoms with Gasteiger partial charge in [0.25, 0.3) is 5.91 Å². The van der Waals surface area contributed by atoms with Gasteiger partial charge in [-0.05, 0) is 49.1 Å². The number of hydrogen-bond acceptors (Lipinski definition) is 6. The Kier molecular flexibility index (Phi) is 6.35. The highest BCUT2D eigenvalue weighted by Crippen LogP contribution is 2.35. The van der Waals surface area contributed by atoms with Crippen molar-refractivity contribution in [2.24, 2.45) is 5.92 Å². The van der Waals surface area contributed by atoms with Crippen molar-refractivity contribution >= 4 is 5.91 Å². The van der Waals surface area contributed by atoms with Crippen LogP contribution in [0.15, 0.2) is 53.1 Å². The number of methoxy groups -OCH3 is 1. The first-order valence-corrected chi connectivity index (χ1v) is 9.99. The molecule has 4 rings (SSSR count). The molecule has 0 unspecified atom stereocenters. The molecule has 1 aliphatic carbocycles. The minimum absolute atomic E-state index is 0.146. The lowest BCUT2D eigenvalue weighted by atomic mass is 10.2. The zero-order valence-corrected chi connectivity index (χ0v) is 17.1. The van der Waals surface area contributed by atoms with Gasteiger partial charge in [-0.25, -0.2) is 9.37 Å². The molecule has 2 aromatic carbocycles. The number of benzene rings is 2. The molecule has 1 heterocycles. The van der Waals surface area contributed by atoms with E-state index in [0.29, 0.717) is 35.6 Å². The Morgan fingerprint density at radius 1 is 1.16 bits per heavy atom. The molecule has 0 aliphatic heterocycles. The lowest BCUT2D eigenvalue weighted by molar-refractivity contribution is 0.0943. The van der Waals surface area contributed by atoms with Crippen LogP contribution in [0.1, 0.15) is 28.9 Å². The second-order valence-electron chi connectivity index (χ2n) is 7.20. The average molecular weight is 426 g/mol. The van der Waals surface area contributed by atoms with Crippen molar-refractivity contribution in [2.45, 2.75) is 19.4 Å². The van der Waals surface area contributed by atoms with E-state index in [9.17, 15) is 9.18 Å². The molecule has 0 saturated heterocycles. The lowest BCUT2D eigenvalue weighted by Gasteiger charge is -2.11. The molecule has 1 aliphatic rings. The Morgan fingerprint density at radius 3 is 2.77 bits per heavy atom. The maximum atomic E-state index is 12.5. The summed E-state index contributed by atoms with van der Waals surface area (Å²) in [5.41, 5.74) is 1.53. The topological polar surface area (TPSA) is 82.8 Å². The van der Waals surface area contributed by atoms with E-state index in [0.717, 1.165) is 5.56 Å². The van der Waals surface area contributed by atoms with E-state index >= 15 is 0 Å². The molecular formula is C23H23FN2O5. The van der Waals surface area contributed by atoms with Gasteiger partial charge in [0.1, 0.15) is 12.0 Å². The highest BCUT2D eigenvalue weighted by Gasteiger charge is 2.23. The van der Waals surface area contributed by atoms with Crippen LogP contribution in [0.5, 0.6) is 17.2 Å².